The number of carbonyl (C=O) groups excluding carboxylic acids is 1. The number of aryl methyl sites for hydroxylation is 1. The number of hydrogen-bond donors (Lipinski definition) is 1. The van der Waals surface area contributed by atoms with Crippen molar-refractivity contribution in [3.63, 3.8) is 0 Å². The number of halogens is 1. The van der Waals surface area contributed by atoms with Crippen LogP contribution in [0.5, 0.6) is 0 Å². The zero-order valence-corrected chi connectivity index (χ0v) is 14.5. The van der Waals surface area contributed by atoms with Gasteiger partial charge in [0.1, 0.15) is 5.82 Å². The highest BCUT2D eigenvalue weighted by atomic mass is 19.1. The van der Waals surface area contributed by atoms with Crippen LogP contribution in [0.15, 0.2) is 48.5 Å². The Labute approximate surface area is 148 Å². The Morgan fingerprint density at radius 3 is 2.64 bits per heavy atom. The van der Waals surface area contributed by atoms with Crippen LogP contribution in [0, 0.1) is 12.7 Å². The first-order chi connectivity index (χ1) is 12.1. The molecule has 1 heterocycles. The zero-order valence-electron chi connectivity index (χ0n) is 14.5. The number of rotatable bonds is 4. The Kier molecular flexibility index (Phi) is 5.66. The van der Waals surface area contributed by atoms with Crippen molar-refractivity contribution in [2.75, 3.05) is 42.9 Å². The molecule has 0 spiro atoms. The summed E-state index contributed by atoms with van der Waals surface area (Å²) in [4.78, 5) is 16.7. The van der Waals surface area contributed by atoms with E-state index < -0.39 is 0 Å². The minimum absolute atomic E-state index is 0.0147. The van der Waals surface area contributed by atoms with E-state index in [2.05, 4.69) is 15.1 Å². The van der Waals surface area contributed by atoms with E-state index in [1.807, 2.05) is 43.3 Å². The summed E-state index contributed by atoms with van der Waals surface area (Å²) in [7, 11) is 0. The molecule has 1 fully saturated rings. The standard InChI is InChI=1S/C20H24FN3O/c1-16-4-2-5-18(14-16)22-20(25)15-23-10-3-11-24(13-12-23)19-8-6-17(21)7-9-19/h2,4-9,14H,3,10-13,15H2,1H3,(H,22,25). The lowest BCUT2D eigenvalue weighted by Gasteiger charge is -2.23. The van der Waals surface area contributed by atoms with Crippen LogP contribution in [-0.2, 0) is 4.79 Å². The van der Waals surface area contributed by atoms with Gasteiger partial charge in [-0.2, -0.15) is 0 Å². The molecule has 1 N–H and O–H groups in total. The highest BCUT2D eigenvalue weighted by Gasteiger charge is 2.17. The van der Waals surface area contributed by atoms with Gasteiger partial charge in [-0.1, -0.05) is 12.1 Å². The van der Waals surface area contributed by atoms with Crippen LogP contribution in [0.1, 0.15) is 12.0 Å². The molecule has 0 unspecified atom stereocenters. The van der Waals surface area contributed by atoms with Crippen LogP contribution in [0.2, 0.25) is 0 Å². The molecule has 0 radical (unpaired) electrons. The molecule has 0 bridgehead atoms. The van der Waals surface area contributed by atoms with Crippen LogP contribution < -0.4 is 10.2 Å². The average molecular weight is 341 g/mol. The first-order valence-electron chi connectivity index (χ1n) is 8.69. The molecule has 1 saturated heterocycles. The molecule has 1 aliphatic rings. The monoisotopic (exact) mass is 341 g/mol. The van der Waals surface area contributed by atoms with Crippen molar-refractivity contribution in [2.24, 2.45) is 0 Å². The molecule has 2 aromatic carbocycles. The van der Waals surface area contributed by atoms with Gasteiger partial charge in [0.25, 0.3) is 0 Å². The molecular formula is C20H24FN3O. The smallest absolute Gasteiger partial charge is 0.238 e. The summed E-state index contributed by atoms with van der Waals surface area (Å²) in [5, 5.41) is 2.96. The second-order valence-corrected chi connectivity index (χ2v) is 6.51. The Morgan fingerprint density at radius 1 is 1.08 bits per heavy atom. The normalized spacial score (nSPS) is 15.7. The topological polar surface area (TPSA) is 35.6 Å². The molecule has 0 aromatic heterocycles. The summed E-state index contributed by atoms with van der Waals surface area (Å²) in [6.07, 6.45) is 0.981. The van der Waals surface area contributed by atoms with Gasteiger partial charge >= 0.3 is 0 Å². The third-order valence-corrected chi connectivity index (χ3v) is 4.45. The zero-order chi connectivity index (χ0) is 17.6. The van der Waals surface area contributed by atoms with Gasteiger partial charge in [-0.25, -0.2) is 4.39 Å². The molecule has 2 aromatic rings. The van der Waals surface area contributed by atoms with Crippen molar-refractivity contribution < 1.29 is 9.18 Å². The maximum atomic E-state index is 13.1. The molecule has 3 rings (SSSR count). The Balaban J connectivity index is 1.52. The summed E-state index contributed by atoms with van der Waals surface area (Å²) in [6, 6.07) is 14.4. The van der Waals surface area contributed by atoms with Crippen molar-refractivity contribution in [1.82, 2.24) is 4.90 Å². The quantitative estimate of drug-likeness (QED) is 0.927. The summed E-state index contributed by atoms with van der Waals surface area (Å²) in [5.41, 5.74) is 3.00. The average Bonchev–Trinajstić information content (AvgIpc) is 2.81. The maximum Gasteiger partial charge on any atom is 0.238 e. The van der Waals surface area contributed by atoms with E-state index in [-0.39, 0.29) is 11.7 Å². The van der Waals surface area contributed by atoms with Gasteiger partial charge in [0.15, 0.2) is 0 Å². The van der Waals surface area contributed by atoms with E-state index in [9.17, 15) is 9.18 Å². The third kappa shape index (κ3) is 5.03. The van der Waals surface area contributed by atoms with Crippen LogP contribution in [0.25, 0.3) is 0 Å². The third-order valence-electron chi connectivity index (χ3n) is 4.45. The fourth-order valence-electron chi connectivity index (χ4n) is 3.17. The van der Waals surface area contributed by atoms with Gasteiger partial charge in [0, 0.05) is 37.6 Å². The molecule has 0 atom stereocenters. The van der Waals surface area contributed by atoms with E-state index in [0.29, 0.717) is 6.54 Å². The van der Waals surface area contributed by atoms with Gasteiger partial charge in [0.05, 0.1) is 6.54 Å². The molecule has 25 heavy (non-hydrogen) atoms. The van der Waals surface area contributed by atoms with E-state index in [1.54, 1.807) is 0 Å². The number of carbonyl (C=O) groups is 1. The fraction of sp³-hybridized carbons (Fsp3) is 0.350. The van der Waals surface area contributed by atoms with E-state index in [0.717, 1.165) is 49.5 Å². The Bertz CT molecular complexity index is 717. The van der Waals surface area contributed by atoms with Crippen LogP contribution >= 0.6 is 0 Å². The lowest BCUT2D eigenvalue weighted by Crippen LogP contribution is -2.36. The number of hydrogen-bond acceptors (Lipinski definition) is 3. The van der Waals surface area contributed by atoms with Gasteiger partial charge in [-0.3, -0.25) is 9.69 Å². The molecule has 132 valence electrons. The first kappa shape index (κ1) is 17.4. The summed E-state index contributed by atoms with van der Waals surface area (Å²) in [5.74, 6) is -0.200. The van der Waals surface area contributed by atoms with Crippen molar-refractivity contribution in [3.05, 3.63) is 59.9 Å². The Hall–Kier alpha value is -2.40. The van der Waals surface area contributed by atoms with E-state index >= 15 is 0 Å². The highest BCUT2D eigenvalue weighted by Crippen LogP contribution is 2.17. The number of amides is 1. The second kappa shape index (κ2) is 8.12. The summed E-state index contributed by atoms with van der Waals surface area (Å²) in [6.45, 7) is 5.86. The summed E-state index contributed by atoms with van der Waals surface area (Å²) < 4.78 is 13.1. The molecule has 1 amide bonds. The number of nitrogens with zero attached hydrogens (tertiary/aromatic N) is 2. The van der Waals surface area contributed by atoms with Gasteiger partial charge in [-0.15, -0.1) is 0 Å². The highest BCUT2D eigenvalue weighted by molar-refractivity contribution is 5.92. The predicted octanol–water partition coefficient (Wildman–Crippen LogP) is 3.28. The SMILES string of the molecule is Cc1cccc(NC(=O)CN2CCCN(c3ccc(F)cc3)CC2)c1. The minimum Gasteiger partial charge on any atom is -0.370 e. The van der Waals surface area contributed by atoms with Crippen molar-refractivity contribution in [1.29, 1.82) is 0 Å². The lowest BCUT2D eigenvalue weighted by atomic mass is 10.2. The number of nitrogens with one attached hydrogen (secondary N) is 1. The van der Waals surface area contributed by atoms with Crippen LogP contribution in [-0.4, -0.2) is 43.5 Å². The molecule has 5 heteroatoms. The fourth-order valence-corrected chi connectivity index (χ4v) is 3.17. The predicted molar refractivity (Wildman–Crippen MR) is 99.5 cm³/mol. The molecule has 4 nitrogen and oxygen atoms in total. The van der Waals surface area contributed by atoms with Crippen molar-refractivity contribution in [3.8, 4) is 0 Å². The summed E-state index contributed by atoms with van der Waals surface area (Å²) >= 11 is 0. The number of anilines is 2. The maximum absolute atomic E-state index is 13.1. The van der Waals surface area contributed by atoms with E-state index in [4.69, 9.17) is 0 Å². The van der Waals surface area contributed by atoms with Gasteiger partial charge in [0.2, 0.25) is 5.91 Å². The number of benzene rings is 2. The first-order valence-corrected chi connectivity index (χ1v) is 8.69. The molecule has 1 aliphatic heterocycles. The second-order valence-electron chi connectivity index (χ2n) is 6.51. The Morgan fingerprint density at radius 2 is 1.88 bits per heavy atom. The van der Waals surface area contributed by atoms with Crippen LogP contribution in [0.3, 0.4) is 0 Å². The van der Waals surface area contributed by atoms with Crippen molar-refractivity contribution in [2.45, 2.75) is 13.3 Å². The van der Waals surface area contributed by atoms with E-state index in [1.165, 1.54) is 12.1 Å². The molecule has 0 aliphatic carbocycles. The molecule has 0 saturated carbocycles. The lowest BCUT2D eigenvalue weighted by molar-refractivity contribution is -0.117. The molecular weight excluding hydrogens is 317 g/mol. The van der Waals surface area contributed by atoms with Crippen molar-refractivity contribution >= 4 is 17.3 Å². The van der Waals surface area contributed by atoms with Gasteiger partial charge < -0.3 is 10.2 Å². The van der Waals surface area contributed by atoms with Crippen LogP contribution in [0.4, 0.5) is 15.8 Å². The largest absolute Gasteiger partial charge is 0.370 e. The van der Waals surface area contributed by atoms with Gasteiger partial charge in [-0.05, 0) is 55.3 Å². The minimum atomic E-state index is -0.215.